The highest BCUT2D eigenvalue weighted by molar-refractivity contribution is 7.12. The fourth-order valence-corrected chi connectivity index (χ4v) is 4.08. The third-order valence-corrected chi connectivity index (χ3v) is 5.26. The molecule has 0 aliphatic heterocycles. The zero-order chi connectivity index (χ0) is 10.4. The molecule has 15 heavy (non-hydrogen) atoms. The molecule has 0 radical (unpaired) electrons. The van der Waals surface area contributed by atoms with Crippen molar-refractivity contribution < 1.29 is 0 Å². The standard InChI is InChI=1S/C14H20S/c1-9-3-6-14-13(7-9)12(10(2)15-14)8-11-4-5-11/h9,11H,3-8H2,1-2H3. The highest BCUT2D eigenvalue weighted by Crippen LogP contribution is 2.41. The van der Waals surface area contributed by atoms with Crippen molar-refractivity contribution >= 4 is 11.3 Å². The van der Waals surface area contributed by atoms with Crippen LogP contribution in [0.1, 0.15) is 47.1 Å². The smallest absolute Gasteiger partial charge is 0.00831 e. The summed E-state index contributed by atoms with van der Waals surface area (Å²) in [7, 11) is 0. The van der Waals surface area contributed by atoms with Crippen LogP contribution in [0.15, 0.2) is 0 Å². The molecule has 0 aromatic carbocycles. The second-order valence-corrected chi connectivity index (χ2v) is 6.84. The highest BCUT2D eigenvalue weighted by atomic mass is 32.1. The van der Waals surface area contributed by atoms with Crippen LogP contribution in [0.3, 0.4) is 0 Å². The molecule has 1 aromatic heterocycles. The zero-order valence-corrected chi connectivity index (χ0v) is 10.6. The number of aryl methyl sites for hydroxylation is 2. The minimum Gasteiger partial charge on any atom is -0.145 e. The Morgan fingerprint density at radius 3 is 2.80 bits per heavy atom. The number of hydrogen-bond donors (Lipinski definition) is 0. The van der Waals surface area contributed by atoms with E-state index >= 15 is 0 Å². The van der Waals surface area contributed by atoms with Crippen LogP contribution in [0.4, 0.5) is 0 Å². The summed E-state index contributed by atoms with van der Waals surface area (Å²) in [5, 5.41) is 0. The predicted octanol–water partition coefficient (Wildman–Crippen LogP) is 4.13. The van der Waals surface area contributed by atoms with E-state index in [1.165, 1.54) is 38.5 Å². The summed E-state index contributed by atoms with van der Waals surface area (Å²) < 4.78 is 0. The number of hydrogen-bond acceptors (Lipinski definition) is 1. The Kier molecular flexibility index (Phi) is 2.39. The van der Waals surface area contributed by atoms with E-state index in [-0.39, 0.29) is 0 Å². The van der Waals surface area contributed by atoms with Crippen molar-refractivity contribution in [2.75, 3.05) is 0 Å². The van der Waals surface area contributed by atoms with E-state index in [0.717, 1.165) is 11.8 Å². The maximum atomic E-state index is 2.41. The van der Waals surface area contributed by atoms with E-state index < -0.39 is 0 Å². The Hall–Kier alpha value is -0.300. The first-order chi connectivity index (χ1) is 7.24. The van der Waals surface area contributed by atoms with Gasteiger partial charge in [0, 0.05) is 9.75 Å². The van der Waals surface area contributed by atoms with Crippen molar-refractivity contribution in [3.05, 3.63) is 20.9 Å². The first-order valence-electron chi connectivity index (χ1n) is 6.34. The van der Waals surface area contributed by atoms with Crippen LogP contribution in [0.25, 0.3) is 0 Å². The van der Waals surface area contributed by atoms with Crippen molar-refractivity contribution in [3.8, 4) is 0 Å². The van der Waals surface area contributed by atoms with Crippen molar-refractivity contribution in [2.24, 2.45) is 11.8 Å². The predicted molar refractivity (Wildman–Crippen MR) is 66.7 cm³/mol. The summed E-state index contributed by atoms with van der Waals surface area (Å²) in [5.41, 5.74) is 3.52. The quantitative estimate of drug-likeness (QED) is 0.703. The van der Waals surface area contributed by atoms with Gasteiger partial charge in [-0.3, -0.25) is 0 Å². The molecule has 0 saturated heterocycles. The van der Waals surface area contributed by atoms with Crippen molar-refractivity contribution in [1.82, 2.24) is 0 Å². The third-order valence-electron chi connectivity index (χ3n) is 4.01. The van der Waals surface area contributed by atoms with Crippen molar-refractivity contribution in [3.63, 3.8) is 0 Å². The van der Waals surface area contributed by atoms with E-state index in [4.69, 9.17) is 0 Å². The largest absolute Gasteiger partial charge is 0.145 e. The van der Waals surface area contributed by atoms with Gasteiger partial charge in [-0.2, -0.15) is 0 Å². The molecule has 0 spiro atoms. The maximum Gasteiger partial charge on any atom is 0.00831 e. The maximum absolute atomic E-state index is 2.41. The summed E-state index contributed by atoms with van der Waals surface area (Å²) in [6.45, 7) is 4.75. The molecule has 1 unspecified atom stereocenters. The molecule has 3 rings (SSSR count). The Morgan fingerprint density at radius 2 is 2.07 bits per heavy atom. The molecule has 1 heterocycles. The van der Waals surface area contributed by atoms with Gasteiger partial charge in [0.25, 0.3) is 0 Å². The number of thiophene rings is 1. The summed E-state index contributed by atoms with van der Waals surface area (Å²) in [4.78, 5) is 3.35. The van der Waals surface area contributed by atoms with Gasteiger partial charge >= 0.3 is 0 Å². The topological polar surface area (TPSA) is 0 Å². The first kappa shape index (κ1) is 9.89. The molecule has 1 heteroatoms. The van der Waals surface area contributed by atoms with Crippen molar-refractivity contribution in [2.45, 2.75) is 52.4 Å². The summed E-state index contributed by atoms with van der Waals surface area (Å²) in [5.74, 6) is 1.96. The van der Waals surface area contributed by atoms with Gasteiger partial charge in [-0.25, -0.2) is 0 Å². The highest BCUT2D eigenvalue weighted by Gasteiger charge is 2.27. The van der Waals surface area contributed by atoms with E-state index in [1.54, 1.807) is 20.9 Å². The number of fused-ring (bicyclic) bond motifs is 1. The molecular weight excluding hydrogens is 200 g/mol. The number of rotatable bonds is 2. The van der Waals surface area contributed by atoms with Gasteiger partial charge in [0.15, 0.2) is 0 Å². The van der Waals surface area contributed by atoms with Crippen LogP contribution in [0.2, 0.25) is 0 Å². The van der Waals surface area contributed by atoms with E-state index in [2.05, 4.69) is 25.2 Å². The van der Waals surface area contributed by atoms with Crippen LogP contribution < -0.4 is 0 Å². The summed E-state index contributed by atoms with van der Waals surface area (Å²) in [6, 6.07) is 0. The second-order valence-electron chi connectivity index (χ2n) is 5.53. The second kappa shape index (κ2) is 3.62. The minimum absolute atomic E-state index is 0.921. The molecule has 82 valence electrons. The summed E-state index contributed by atoms with van der Waals surface area (Å²) >= 11 is 2.09. The van der Waals surface area contributed by atoms with Crippen LogP contribution in [0.5, 0.6) is 0 Å². The van der Waals surface area contributed by atoms with Gasteiger partial charge in [0.05, 0.1) is 0 Å². The molecule has 1 saturated carbocycles. The Morgan fingerprint density at radius 1 is 1.27 bits per heavy atom. The summed E-state index contributed by atoms with van der Waals surface area (Å²) in [6.07, 6.45) is 8.49. The fourth-order valence-electron chi connectivity index (χ4n) is 2.83. The fraction of sp³-hybridized carbons (Fsp3) is 0.714. The van der Waals surface area contributed by atoms with E-state index in [9.17, 15) is 0 Å². The average Bonchev–Trinajstić information content (AvgIpc) is 2.96. The molecule has 2 aliphatic carbocycles. The van der Waals surface area contributed by atoms with Gasteiger partial charge in [-0.05, 0) is 68.4 Å². The average molecular weight is 220 g/mol. The van der Waals surface area contributed by atoms with Gasteiger partial charge in [-0.15, -0.1) is 11.3 Å². The lowest BCUT2D eigenvalue weighted by Gasteiger charge is -2.19. The minimum atomic E-state index is 0.921. The lowest BCUT2D eigenvalue weighted by Crippen LogP contribution is -2.10. The van der Waals surface area contributed by atoms with Crippen molar-refractivity contribution in [1.29, 1.82) is 0 Å². The normalized spacial score (nSPS) is 25.3. The van der Waals surface area contributed by atoms with Gasteiger partial charge in [0.1, 0.15) is 0 Å². The Bertz CT molecular complexity index is 371. The van der Waals surface area contributed by atoms with Crippen LogP contribution in [-0.2, 0) is 19.3 Å². The Balaban J connectivity index is 1.93. The van der Waals surface area contributed by atoms with Gasteiger partial charge in [-0.1, -0.05) is 6.92 Å². The van der Waals surface area contributed by atoms with Crippen LogP contribution >= 0.6 is 11.3 Å². The van der Waals surface area contributed by atoms with Crippen LogP contribution in [-0.4, -0.2) is 0 Å². The zero-order valence-electron chi connectivity index (χ0n) is 9.81. The molecule has 1 fully saturated rings. The SMILES string of the molecule is Cc1sc2c(c1CC1CC1)CC(C)CC2. The van der Waals surface area contributed by atoms with E-state index in [0.29, 0.717) is 0 Å². The molecule has 2 aliphatic rings. The lowest BCUT2D eigenvalue weighted by atomic mass is 9.86. The van der Waals surface area contributed by atoms with Gasteiger partial charge in [0.2, 0.25) is 0 Å². The van der Waals surface area contributed by atoms with E-state index in [1.807, 2.05) is 0 Å². The van der Waals surface area contributed by atoms with Gasteiger partial charge < -0.3 is 0 Å². The van der Waals surface area contributed by atoms with Crippen LogP contribution in [0, 0.1) is 18.8 Å². The third kappa shape index (κ3) is 1.87. The Labute approximate surface area is 96.7 Å². The molecule has 0 bridgehead atoms. The lowest BCUT2D eigenvalue weighted by molar-refractivity contribution is 0.503. The first-order valence-corrected chi connectivity index (χ1v) is 7.15. The molecule has 0 nitrogen and oxygen atoms in total. The molecule has 1 atom stereocenters. The molecule has 0 amide bonds. The molecule has 1 aromatic rings. The molecular formula is C14H20S. The molecule has 0 N–H and O–H groups in total. The monoisotopic (exact) mass is 220 g/mol.